The average Bonchev–Trinajstić information content (AvgIpc) is 3.28. The number of hydrogen-bond donors (Lipinski definition) is 1. The van der Waals surface area contributed by atoms with Crippen molar-refractivity contribution >= 4 is 29.3 Å². The van der Waals surface area contributed by atoms with E-state index in [0.717, 1.165) is 43.3 Å². The van der Waals surface area contributed by atoms with E-state index in [0.29, 0.717) is 22.2 Å². The molecule has 1 fully saturated rings. The van der Waals surface area contributed by atoms with Crippen molar-refractivity contribution in [3.8, 4) is 17.5 Å². The lowest BCUT2D eigenvalue weighted by molar-refractivity contribution is -0.115. The molecule has 9 heteroatoms. The first kappa shape index (κ1) is 22.7. The van der Waals surface area contributed by atoms with E-state index in [9.17, 15) is 10.1 Å². The number of ether oxygens (including phenoxy) is 1. The summed E-state index contributed by atoms with van der Waals surface area (Å²) in [6.07, 6.45) is 3.77. The smallest absolute Gasteiger partial charge is 0.232 e. The molecule has 0 aliphatic carbocycles. The predicted molar refractivity (Wildman–Crippen MR) is 129 cm³/mol. The molecule has 8 nitrogen and oxygen atoms in total. The van der Waals surface area contributed by atoms with Crippen molar-refractivity contribution in [1.29, 1.82) is 5.26 Å². The van der Waals surface area contributed by atoms with Gasteiger partial charge in [0, 0.05) is 25.3 Å². The fraction of sp³-hybridized carbons (Fsp3) is 0.333. The van der Waals surface area contributed by atoms with Crippen LogP contribution >= 0.6 is 11.8 Å². The summed E-state index contributed by atoms with van der Waals surface area (Å²) in [7, 11) is 1.65. The number of nitrogens with zero attached hydrogens (tertiary/aromatic N) is 5. The number of para-hydroxylation sites is 3. The highest BCUT2D eigenvalue weighted by Crippen LogP contribution is 2.33. The highest BCUT2D eigenvalue weighted by molar-refractivity contribution is 7.99. The molecule has 1 amide bonds. The Hall–Kier alpha value is -3.51. The van der Waals surface area contributed by atoms with Gasteiger partial charge in [-0.05, 0) is 43.5 Å². The van der Waals surface area contributed by atoms with Crippen LogP contribution in [0.2, 0.25) is 0 Å². The molecule has 0 unspecified atom stereocenters. The lowest BCUT2D eigenvalue weighted by Crippen LogP contribution is -2.31. The highest BCUT2D eigenvalue weighted by Gasteiger charge is 2.23. The largest absolute Gasteiger partial charge is 0.495 e. The van der Waals surface area contributed by atoms with Crippen LogP contribution in [-0.4, -0.2) is 46.6 Å². The number of hydrogen-bond acceptors (Lipinski definition) is 7. The van der Waals surface area contributed by atoms with E-state index < -0.39 is 0 Å². The number of nitrogens with one attached hydrogen (secondary N) is 1. The van der Waals surface area contributed by atoms with Gasteiger partial charge in [-0.25, -0.2) is 0 Å². The number of nitriles is 1. The average molecular weight is 463 g/mol. The number of piperidine rings is 1. The van der Waals surface area contributed by atoms with E-state index in [4.69, 9.17) is 4.74 Å². The van der Waals surface area contributed by atoms with E-state index >= 15 is 0 Å². The minimum atomic E-state index is -0.148. The summed E-state index contributed by atoms with van der Waals surface area (Å²) in [6, 6.07) is 16.9. The van der Waals surface area contributed by atoms with Crippen LogP contribution < -0.4 is 15.0 Å². The van der Waals surface area contributed by atoms with Gasteiger partial charge in [0.15, 0.2) is 5.16 Å². The van der Waals surface area contributed by atoms with Crippen molar-refractivity contribution in [2.75, 3.05) is 36.2 Å². The number of amides is 1. The number of rotatable bonds is 8. The molecule has 0 spiro atoms. The summed E-state index contributed by atoms with van der Waals surface area (Å²) in [6.45, 7) is 1.89. The molecule has 0 radical (unpaired) electrons. The molecule has 0 atom stereocenters. The summed E-state index contributed by atoms with van der Waals surface area (Å²) in [5, 5.41) is 21.7. The van der Waals surface area contributed by atoms with Crippen LogP contribution in [0, 0.1) is 11.3 Å². The first-order chi connectivity index (χ1) is 16.2. The third-order valence-electron chi connectivity index (χ3n) is 5.46. The number of benzene rings is 2. The van der Waals surface area contributed by atoms with Gasteiger partial charge in [-0.2, -0.15) is 5.26 Å². The fourth-order valence-electron chi connectivity index (χ4n) is 3.82. The maximum Gasteiger partial charge on any atom is 0.232 e. The van der Waals surface area contributed by atoms with E-state index in [1.807, 2.05) is 28.8 Å². The van der Waals surface area contributed by atoms with Crippen molar-refractivity contribution in [2.45, 2.75) is 30.8 Å². The SMILES string of the molecule is COc1ccccc1-n1c(SCCC(=O)Nc2ccccc2C#N)nnc1N1CCCCC1. The molecule has 170 valence electrons. The molecule has 0 saturated carbocycles. The van der Waals surface area contributed by atoms with E-state index in [1.54, 1.807) is 31.4 Å². The Morgan fingerprint density at radius 3 is 2.67 bits per heavy atom. The summed E-state index contributed by atoms with van der Waals surface area (Å²) in [5.41, 5.74) is 1.85. The second-order valence-corrected chi connectivity index (χ2v) is 8.70. The van der Waals surface area contributed by atoms with Crippen molar-refractivity contribution in [3.63, 3.8) is 0 Å². The lowest BCUT2D eigenvalue weighted by Gasteiger charge is -2.28. The molecule has 2 heterocycles. The molecular weight excluding hydrogens is 436 g/mol. The summed E-state index contributed by atoms with van der Waals surface area (Å²) in [4.78, 5) is 14.7. The predicted octanol–water partition coefficient (Wildman–Crippen LogP) is 4.26. The zero-order valence-electron chi connectivity index (χ0n) is 18.5. The van der Waals surface area contributed by atoms with Gasteiger partial charge in [0.05, 0.1) is 24.0 Å². The van der Waals surface area contributed by atoms with Crippen LogP contribution in [0.1, 0.15) is 31.2 Å². The van der Waals surface area contributed by atoms with Crippen LogP contribution in [-0.2, 0) is 4.79 Å². The molecule has 4 rings (SSSR count). The number of thioether (sulfide) groups is 1. The van der Waals surface area contributed by atoms with Gasteiger partial charge in [-0.1, -0.05) is 36.0 Å². The zero-order valence-corrected chi connectivity index (χ0v) is 19.3. The standard InChI is InChI=1S/C24H26N6O2S/c1-32-21-12-6-5-11-20(21)30-23(29-14-7-2-8-15-29)27-28-24(30)33-16-13-22(31)26-19-10-4-3-9-18(19)17-25/h3-6,9-12H,2,7-8,13-16H2,1H3,(H,26,31). The summed E-state index contributed by atoms with van der Waals surface area (Å²) < 4.78 is 7.63. The van der Waals surface area contributed by atoms with Gasteiger partial charge in [-0.3, -0.25) is 9.36 Å². The third kappa shape index (κ3) is 5.29. The number of methoxy groups -OCH3 is 1. The Morgan fingerprint density at radius 2 is 1.88 bits per heavy atom. The third-order valence-corrected chi connectivity index (χ3v) is 6.39. The van der Waals surface area contributed by atoms with Gasteiger partial charge in [0.2, 0.25) is 11.9 Å². The Kier molecular flexibility index (Phi) is 7.47. The monoisotopic (exact) mass is 462 g/mol. The zero-order chi connectivity index (χ0) is 23.0. The fourth-order valence-corrected chi connectivity index (χ4v) is 4.69. The van der Waals surface area contributed by atoms with Crippen molar-refractivity contribution in [3.05, 3.63) is 54.1 Å². The molecule has 1 saturated heterocycles. The maximum absolute atomic E-state index is 12.5. The highest BCUT2D eigenvalue weighted by atomic mass is 32.2. The quantitative estimate of drug-likeness (QED) is 0.500. The Morgan fingerprint density at radius 1 is 1.12 bits per heavy atom. The van der Waals surface area contributed by atoms with Crippen molar-refractivity contribution in [2.24, 2.45) is 0 Å². The minimum absolute atomic E-state index is 0.148. The van der Waals surface area contributed by atoms with E-state index in [2.05, 4.69) is 26.5 Å². The Balaban J connectivity index is 1.51. The molecule has 1 N–H and O–H groups in total. The van der Waals surface area contributed by atoms with E-state index in [-0.39, 0.29) is 12.3 Å². The molecule has 1 aliphatic heterocycles. The van der Waals surface area contributed by atoms with Gasteiger partial charge in [0.25, 0.3) is 0 Å². The van der Waals surface area contributed by atoms with Crippen LogP contribution in [0.3, 0.4) is 0 Å². The topological polar surface area (TPSA) is 96.1 Å². The molecule has 1 aromatic heterocycles. The molecule has 3 aromatic rings. The summed E-state index contributed by atoms with van der Waals surface area (Å²) in [5.74, 6) is 1.91. The summed E-state index contributed by atoms with van der Waals surface area (Å²) >= 11 is 1.48. The van der Waals surface area contributed by atoms with Crippen molar-refractivity contribution < 1.29 is 9.53 Å². The van der Waals surface area contributed by atoms with E-state index in [1.165, 1.54) is 18.2 Å². The number of carbonyl (C=O) groups is 1. The first-order valence-electron chi connectivity index (χ1n) is 11.0. The van der Waals surface area contributed by atoms with Crippen LogP contribution in [0.5, 0.6) is 5.75 Å². The molecule has 33 heavy (non-hydrogen) atoms. The lowest BCUT2D eigenvalue weighted by atomic mass is 10.1. The molecule has 1 aliphatic rings. The molecule has 2 aromatic carbocycles. The van der Waals surface area contributed by atoms with Crippen LogP contribution in [0.4, 0.5) is 11.6 Å². The van der Waals surface area contributed by atoms with Gasteiger partial charge in [0.1, 0.15) is 11.8 Å². The molecular formula is C24H26N6O2S. The van der Waals surface area contributed by atoms with Crippen LogP contribution in [0.25, 0.3) is 5.69 Å². The Bertz CT molecular complexity index is 1150. The van der Waals surface area contributed by atoms with Crippen molar-refractivity contribution in [1.82, 2.24) is 14.8 Å². The number of aromatic nitrogens is 3. The maximum atomic E-state index is 12.5. The number of anilines is 2. The molecule has 0 bridgehead atoms. The first-order valence-corrected chi connectivity index (χ1v) is 12.0. The minimum Gasteiger partial charge on any atom is -0.495 e. The van der Waals surface area contributed by atoms with Gasteiger partial charge >= 0.3 is 0 Å². The second-order valence-electron chi connectivity index (χ2n) is 7.64. The normalized spacial score (nSPS) is 13.4. The van der Waals surface area contributed by atoms with Gasteiger partial charge < -0.3 is 15.0 Å². The van der Waals surface area contributed by atoms with Gasteiger partial charge in [-0.15, -0.1) is 10.2 Å². The van der Waals surface area contributed by atoms with Crippen LogP contribution in [0.15, 0.2) is 53.7 Å². The Labute approximate surface area is 197 Å². The second kappa shape index (κ2) is 10.9. The number of carbonyl (C=O) groups excluding carboxylic acids is 1.